The molecule has 0 heterocycles. The molecule has 0 bridgehead atoms. The fraction of sp³-hybridized carbons (Fsp3) is 0.711. The number of ether oxygens (including phenoxy) is 2. The summed E-state index contributed by atoms with van der Waals surface area (Å²) in [6.07, 6.45) is 3.45. The molecule has 0 saturated heterocycles. The van der Waals surface area contributed by atoms with Crippen molar-refractivity contribution >= 4 is 35.0 Å². The van der Waals surface area contributed by atoms with Crippen molar-refractivity contribution in [2.75, 3.05) is 65.0 Å². The molecular formula is C38H67N5O8. The molecule has 0 aromatic heterocycles. The normalized spacial score (nSPS) is 12.0. The molecule has 6 N–H and O–H groups in total. The van der Waals surface area contributed by atoms with Crippen LogP contribution in [-0.4, -0.2) is 105 Å². The molecule has 1 aromatic carbocycles. The van der Waals surface area contributed by atoms with E-state index in [1.165, 1.54) is 7.05 Å². The lowest BCUT2D eigenvalue weighted by Gasteiger charge is -2.37. The highest BCUT2D eigenvalue weighted by Crippen LogP contribution is 2.37. The molecule has 0 spiro atoms. The van der Waals surface area contributed by atoms with Gasteiger partial charge in [0.1, 0.15) is 6.61 Å². The van der Waals surface area contributed by atoms with Crippen molar-refractivity contribution in [3.8, 4) is 0 Å². The van der Waals surface area contributed by atoms with Gasteiger partial charge in [-0.05, 0) is 85.1 Å². The molecule has 0 aliphatic rings. The Morgan fingerprint density at radius 3 is 1.88 bits per heavy atom. The number of nitrogens with one attached hydrogen (secondary N) is 5. The van der Waals surface area contributed by atoms with E-state index in [0.29, 0.717) is 13.2 Å². The number of unbranched alkanes of at least 4 members (excludes halogenated alkanes) is 1. The van der Waals surface area contributed by atoms with E-state index in [-0.39, 0.29) is 56.2 Å². The minimum Gasteiger partial charge on any atom is -0.481 e. The van der Waals surface area contributed by atoms with E-state index in [4.69, 9.17) is 9.47 Å². The molecule has 1 aromatic rings. The number of likely N-dealkylation sites (N-methyl/N-ethyl adjacent to an activating group) is 1. The number of amides is 2. The van der Waals surface area contributed by atoms with E-state index < -0.39 is 27.9 Å². The van der Waals surface area contributed by atoms with Crippen molar-refractivity contribution in [3.05, 3.63) is 29.8 Å². The first-order valence-electron chi connectivity index (χ1n) is 18.0. The molecule has 0 saturated carbocycles. The average molecular weight is 722 g/mol. The van der Waals surface area contributed by atoms with Crippen molar-refractivity contribution in [3.63, 3.8) is 0 Å². The van der Waals surface area contributed by atoms with Gasteiger partial charge in [0, 0.05) is 43.3 Å². The van der Waals surface area contributed by atoms with Crippen LogP contribution in [0, 0.1) is 10.8 Å². The van der Waals surface area contributed by atoms with Crippen LogP contribution in [-0.2, 0) is 28.7 Å². The van der Waals surface area contributed by atoms with Gasteiger partial charge in [0.15, 0.2) is 11.6 Å². The van der Waals surface area contributed by atoms with Gasteiger partial charge in [0.25, 0.3) is 5.91 Å². The summed E-state index contributed by atoms with van der Waals surface area (Å²) >= 11 is 0. The predicted molar refractivity (Wildman–Crippen MR) is 202 cm³/mol. The van der Waals surface area contributed by atoms with Crippen LogP contribution in [0.4, 0.5) is 5.69 Å². The summed E-state index contributed by atoms with van der Waals surface area (Å²) in [4.78, 5) is 59.8. The van der Waals surface area contributed by atoms with Crippen LogP contribution in [0.15, 0.2) is 24.3 Å². The Morgan fingerprint density at radius 2 is 1.33 bits per heavy atom. The average Bonchev–Trinajstić information content (AvgIpc) is 3.06. The highest BCUT2D eigenvalue weighted by Gasteiger charge is 2.44. The second-order valence-corrected chi connectivity index (χ2v) is 15.0. The zero-order valence-corrected chi connectivity index (χ0v) is 33.1. The van der Waals surface area contributed by atoms with Gasteiger partial charge in [0.05, 0.1) is 42.9 Å². The standard InChI is InChI=1S/C24H45N3O7.C14H22N2O/c1-21(2,16-22(3,4)20(31)32)19(30)24(7,8)26-10-11-33-12-13-34-15-17(28)23(5,6)27-14-18(29)25-9;1-3-5-11-16-14(17)12-6-8-13(9-7-12)15-10-4-2/h26-27H,10-16H2,1-9H3,(H,25,29)(H,31,32);6-9,15H,3-5,10-11H2,1-2H3,(H,16,17). The third-order valence-corrected chi connectivity index (χ3v) is 8.27. The largest absolute Gasteiger partial charge is 0.481 e. The van der Waals surface area contributed by atoms with Crippen molar-refractivity contribution in [1.29, 1.82) is 0 Å². The molecule has 1 rings (SSSR count). The number of carboxylic acids is 1. The first kappa shape index (κ1) is 47.6. The monoisotopic (exact) mass is 721 g/mol. The number of carbonyl (C=O) groups excluding carboxylic acids is 4. The molecule has 0 fully saturated rings. The molecule has 0 unspecified atom stereocenters. The highest BCUT2D eigenvalue weighted by molar-refractivity contribution is 5.94. The van der Waals surface area contributed by atoms with Gasteiger partial charge < -0.3 is 35.8 Å². The Labute approximate surface area is 306 Å². The van der Waals surface area contributed by atoms with Gasteiger partial charge in [-0.15, -0.1) is 0 Å². The smallest absolute Gasteiger partial charge is 0.309 e. The van der Waals surface area contributed by atoms with Crippen LogP contribution < -0.4 is 26.6 Å². The fourth-order valence-electron chi connectivity index (χ4n) is 5.17. The third-order valence-electron chi connectivity index (χ3n) is 8.27. The van der Waals surface area contributed by atoms with Crippen molar-refractivity contribution in [1.82, 2.24) is 21.3 Å². The summed E-state index contributed by atoms with van der Waals surface area (Å²) < 4.78 is 10.9. The molecule has 0 atom stereocenters. The summed E-state index contributed by atoms with van der Waals surface area (Å²) in [6, 6.07) is 7.62. The molecule has 13 heteroatoms. The Kier molecular flexibility index (Phi) is 21.7. The number of hydrogen-bond donors (Lipinski definition) is 6. The van der Waals surface area contributed by atoms with E-state index in [1.807, 2.05) is 24.3 Å². The molecule has 51 heavy (non-hydrogen) atoms. The second kappa shape index (κ2) is 23.2. The van der Waals surface area contributed by atoms with E-state index in [2.05, 4.69) is 40.4 Å². The maximum absolute atomic E-state index is 13.1. The topological polar surface area (TPSA) is 184 Å². The number of hydrogen-bond acceptors (Lipinski definition) is 10. The Morgan fingerprint density at radius 1 is 0.725 bits per heavy atom. The zero-order chi connectivity index (χ0) is 39.3. The van der Waals surface area contributed by atoms with Gasteiger partial charge in [-0.1, -0.05) is 34.1 Å². The van der Waals surface area contributed by atoms with Gasteiger partial charge in [-0.25, -0.2) is 0 Å². The predicted octanol–water partition coefficient (Wildman–Crippen LogP) is 4.21. The van der Waals surface area contributed by atoms with E-state index in [1.54, 1.807) is 55.4 Å². The fourth-order valence-corrected chi connectivity index (χ4v) is 5.17. The summed E-state index contributed by atoms with van der Waals surface area (Å²) in [5.41, 5.74) is -1.77. The maximum Gasteiger partial charge on any atom is 0.309 e. The van der Waals surface area contributed by atoms with Crippen LogP contribution >= 0.6 is 0 Å². The number of anilines is 1. The Bertz CT molecular complexity index is 1230. The maximum atomic E-state index is 13.1. The molecule has 0 aliphatic carbocycles. The lowest BCUT2D eigenvalue weighted by Crippen LogP contribution is -2.54. The number of carbonyl (C=O) groups is 5. The van der Waals surface area contributed by atoms with Crippen LogP contribution in [0.25, 0.3) is 0 Å². The van der Waals surface area contributed by atoms with Gasteiger partial charge in [-0.3, -0.25) is 29.3 Å². The number of carboxylic acid groups (broad SMARTS) is 1. The minimum absolute atomic E-state index is 0.0143. The van der Waals surface area contributed by atoms with Crippen molar-refractivity contribution < 1.29 is 38.6 Å². The number of Topliss-reactive ketones (excluding diaryl/α,β-unsaturated/α-hetero) is 2. The number of ketones is 2. The number of rotatable bonds is 25. The molecule has 292 valence electrons. The lowest BCUT2D eigenvalue weighted by molar-refractivity contribution is -0.150. The van der Waals surface area contributed by atoms with Crippen LogP contribution in [0.1, 0.15) is 105 Å². The van der Waals surface area contributed by atoms with Crippen LogP contribution in [0.3, 0.4) is 0 Å². The first-order chi connectivity index (χ1) is 23.7. The quantitative estimate of drug-likeness (QED) is 0.0796. The lowest BCUT2D eigenvalue weighted by atomic mass is 9.69. The SMILES string of the molecule is CCCCNC(=O)c1ccc(NCCC)cc1.CNC(=O)CNC(C)(C)C(=O)COCCOCCNC(C)(C)C(=O)C(C)(C)CC(C)(C)C(=O)O. The second-order valence-electron chi connectivity index (χ2n) is 15.0. The highest BCUT2D eigenvalue weighted by atomic mass is 16.5. The van der Waals surface area contributed by atoms with E-state index in [0.717, 1.165) is 43.6 Å². The zero-order valence-electron chi connectivity index (χ0n) is 33.1. The molecule has 13 nitrogen and oxygen atoms in total. The van der Waals surface area contributed by atoms with Gasteiger partial charge in [-0.2, -0.15) is 0 Å². The minimum atomic E-state index is -1.00. The number of benzene rings is 1. The molecule has 0 aliphatic heterocycles. The molecular weight excluding hydrogens is 654 g/mol. The Hall–Kier alpha value is -3.39. The Balaban J connectivity index is 0.00000122. The third kappa shape index (κ3) is 19.1. The molecule has 2 amide bonds. The van der Waals surface area contributed by atoms with E-state index >= 15 is 0 Å². The van der Waals surface area contributed by atoms with Crippen molar-refractivity contribution in [2.45, 2.75) is 106 Å². The summed E-state index contributed by atoms with van der Waals surface area (Å²) in [6.45, 7) is 20.9. The summed E-state index contributed by atoms with van der Waals surface area (Å²) in [5, 5.41) is 24.1. The van der Waals surface area contributed by atoms with Gasteiger partial charge >= 0.3 is 5.97 Å². The van der Waals surface area contributed by atoms with Crippen LogP contribution in [0.5, 0.6) is 0 Å². The van der Waals surface area contributed by atoms with Crippen LogP contribution in [0.2, 0.25) is 0 Å². The van der Waals surface area contributed by atoms with Gasteiger partial charge in [0.2, 0.25) is 5.91 Å². The summed E-state index contributed by atoms with van der Waals surface area (Å²) in [7, 11) is 1.53. The van der Waals surface area contributed by atoms with Crippen molar-refractivity contribution in [2.24, 2.45) is 10.8 Å². The van der Waals surface area contributed by atoms with E-state index in [9.17, 15) is 29.1 Å². The molecule has 0 radical (unpaired) electrons. The summed E-state index contributed by atoms with van der Waals surface area (Å²) in [5.74, 6) is -1.36. The first-order valence-corrected chi connectivity index (χ1v) is 18.0. The number of aliphatic carboxylic acids is 1.